The molecule has 1 aliphatic carbocycles. The minimum Gasteiger partial charge on any atom is -0.496 e. The molecule has 3 heteroatoms. The van der Waals surface area contributed by atoms with E-state index in [1.54, 1.807) is 7.11 Å². The van der Waals surface area contributed by atoms with Crippen LogP contribution in [-0.2, 0) is 10.2 Å². The summed E-state index contributed by atoms with van der Waals surface area (Å²) >= 11 is 0. The number of hydrogen-bond acceptors (Lipinski definition) is 2. The first-order chi connectivity index (χ1) is 10.3. The van der Waals surface area contributed by atoms with E-state index in [0.717, 1.165) is 25.0 Å². The van der Waals surface area contributed by atoms with Crippen LogP contribution in [0.2, 0.25) is 0 Å². The molecule has 2 rings (SSSR count). The Morgan fingerprint density at radius 2 is 2.09 bits per heavy atom. The fraction of sp³-hybridized carbons (Fsp3) is 0.632. The largest absolute Gasteiger partial charge is 0.496 e. The number of rotatable bonds is 6. The van der Waals surface area contributed by atoms with Gasteiger partial charge in [0.25, 0.3) is 0 Å². The van der Waals surface area contributed by atoms with Gasteiger partial charge in [0.1, 0.15) is 5.75 Å². The SMILES string of the molecule is CCC(CC1CC1C(=O)O)c1ccc(OC)c(C(C)(C)C)c1. The highest BCUT2D eigenvalue weighted by molar-refractivity contribution is 5.73. The van der Waals surface area contributed by atoms with E-state index < -0.39 is 5.97 Å². The minimum absolute atomic E-state index is 0.0306. The molecule has 1 aromatic carbocycles. The lowest BCUT2D eigenvalue weighted by Gasteiger charge is -2.25. The van der Waals surface area contributed by atoms with Crippen molar-refractivity contribution in [3.8, 4) is 5.75 Å². The van der Waals surface area contributed by atoms with Crippen molar-refractivity contribution in [2.75, 3.05) is 7.11 Å². The van der Waals surface area contributed by atoms with Gasteiger partial charge in [-0.25, -0.2) is 0 Å². The van der Waals surface area contributed by atoms with E-state index in [4.69, 9.17) is 9.84 Å². The van der Waals surface area contributed by atoms with Gasteiger partial charge in [-0.3, -0.25) is 4.79 Å². The van der Waals surface area contributed by atoms with Gasteiger partial charge < -0.3 is 9.84 Å². The van der Waals surface area contributed by atoms with E-state index >= 15 is 0 Å². The van der Waals surface area contributed by atoms with Gasteiger partial charge >= 0.3 is 5.97 Å². The van der Waals surface area contributed by atoms with Crippen LogP contribution in [0.4, 0.5) is 0 Å². The molecular formula is C19H28O3. The molecular weight excluding hydrogens is 276 g/mol. The van der Waals surface area contributed by atoms with Crippen molar-refractivity contribution in [2.45, 2.75) is 58.3 Å². The van der Waals surface area contributed by atoms with Gasteiger partial charge in [-0.2, -0.15) is 0 Å². The van der Waals surface area contributed by atoms with Gasteiger partial charge in [0, 0.05) is 0 Å². The fourth-order valence-electron chi connectivity index (χ4n) is 3.28. The van der Waals surface area contributed by atoms with E-state index in [-0.39, 0.29) is 11.3 Å². The summed E-state index contributed by atoms with van der Waals surface area (Å²) < 4.78 is 5.50. The molecule has 0 bridgehead atoms. The normalized spacial score (nSPS) is 22.2. The fourth-order valence-corrected chi connectivity index (χ4v) is 3.28. The lowest BCUT2D eigenvalue weighted by molar-refractivity contribution is -0.138. The maximum atomic E-state index is 11.0. The molecule has 1 aliphatic rings. The summed E-state index contributed by atoms with van der Waals surface area (Å²) in [4.78, 5) is 11.0. The van der Waals surface area contributed by atoms with Gasteiger partial charge in [0.2, 0.25) is 0 Å². The molecule has 0 radical (unpaired) electrons. The minimum atomic E-state index is -0.634. The molecule has 3 nitrogen and oxygen atoms in total. The predicted octanol–water partition coefficient (Wildman–Crippen LogP) is 4.60. The summed E-state index contributed by atoms with van der Waals surface area (Å²) in [5.74, 6) is 0.962. The van der Waals surface area contributed by atoms with E-state index in [9.17, 15) is 4.79 Å². The molecule has 22 heavy (non-hydrogen) atoms. The Morgan fingerprint density at radius 1 is 1.41 bits per heavy atom. The summed E-state index contributed by atoms with van der Waals surface area (Å²) in [7, 11) is 1.71. The Labute approximate surface area is 133 Å². The number of ether oxygens (including phenoxy) is 1. The van der Waals surface area contributed by atoms with Crippen LogP contribution in [-0.4, -0.2) is 18.2 Å². The van der Waals surface area contributed by atoms with Gasteiger partial charge in [0.05, 0.1) is 13.0 Å². The highest BCUT2D eigenvalue weighted by Crippen LogP contribution is 2.46. The molecule has 0 aromatic heterocycles. The van der Waals surface area contributed by atoms with E-state index in [1.165, 1.54) is 11.1 Å². The molecule has 3 atom stereocenters. The number of carbonyl (C=O) groups is 1. The van der Waals surface area contributed by atoms with E-state index in [2.05, 4.69) is 45.9 Å². The second kappa shape index (κ2) is 6.31. The highest BCUT2D eigenvalue weighted by Gasteiger charge is 2.43. The van der Waals surface area contributed by atoms with E-state index in [1.807, 2.05) is 0 Å². The average molecular weight is 304 g/mol. The van der Waals surface area contributed by atoms with Crippen molar-refractivity contribution in [3.05, 3.63) is 29.3 Å². The summed E-state index contributed by atoms with van der Waals surface area (Å²) in [6.07, 6.45) is 2.86. The third kappa shape index (κ3) is 3.63. The van der Waals surface area contributed by atoms with Crippen molar-refractivity contribution in [1.29, 1.82) is 0 Å². The molecule has 0 heterocycles. The first kappa shape index (κ1) is 16.9. The topological polar surface area (TPSA) is 46.5 Å². The summed E-state index contributed by atoms with van der Waals surface area (Å²) in [5.41, 5.74) is 2.56. The molecule has 122 valence electrons. The lowest BCUT2D eigenvalue weighted by Crippen LogP contribution is -2.14. The van der Waals surface area contributed by atoms with Crippen molar-refractivity contribution >= 4 is 5.97 Å². The quantitative estimate of drug-likeness (QED) is 0.835. The maximum absolute atomic E-state index is 11.0. The Morgan fingerprint density at radius 3 is 2.55 bits per heavy atom. The van der Waals surface area contributed by atoms with Gasteiger partial charge in [-0.1, -0.05) is 39.8 Å². The van der Waals surface area contributed by atoms with Gasteiger partial charge in [-0.15, -0.1) is 0 Å². The second-order valence-electron chi connectivity index (χ2n) is 7.49. The number of hydrogen-bond donors (Lipinski definition) is 1. The lowest BCUT2D eigenvalue weighted by atomic mass is 9.82. The zero-order valence-corrected chi connectivity index (χ0v) is 14.3. The van der Waals surface area contributed by atoms with Crippen LogP contribution in [0.15, 0.2) is 18.2 Å². The molecule has 1 N–H and O–H groups in total. The van der Waals surface area contributed by atoms with Gasteiger partial charge in [0.15, 0.2) is 0 Å². The molecule has 1 aromatic rings. The molecule has 0 aliphatic heterocycles. The smallest absolute Gasteiger partial charge is 0.306 e. The van der Waals surface area contributed by atoms with Crippen LogP contribution < -0.4 is 4.74 Å². The number of carboxylic acids is 1. The number of aliphatic carboxylic acids is 1. The summed E-state index contributed by atoms with van der Waals surface area (Å²) in [5, 5.41) is 9.08. The third-order valence-corrected chi connectivity index (χ3v) is 4.82. The van der Waals surface area contributed by atoms with Crippen LogP contribution in [0, 0.1) is 11.8 Å². The van der Waals surface area contributed by atoms with Crippen molar-refractivity contribution in [3.63, 3.8) is 0 Å². The van der Waals surface area contributed by atoms with Crippen molar-refractivity contribution < 1.29 is 14.6 Å². The van der Waals surface area contributed by atoms with Crippen molar-refractivity contribution in [2.24, 2.45) is 11.8 Å². The molecule has 1 fully saturated rings. The predicted molar refractivity (Wildman–Crippen MR) is 88.6 cm³/mol. The van der Waals surface area contributed by atoms with Crippen LogP contribution in [0.5, 0.6) is 5.75 Å². The number of carboxylic acid groups (broad SMARTS) is 1. The molecule has 1 saturated carbocycles. The Balaban J connectivity index is 2.21. The molecule has 0 amide bonds. The third-order valence-electron chi connectivity index (χ3n) is 4.82. The molecule has 3 unspecified atom stereocenters. The van der Waals surface area contributed by atoms with E-state index in [0.29, 0.717) is 11.8 Å². The summed E-state index contributed by atoms with van der Waals surface area (Å²) in [6, 6.07) is 6.45. The zero-order valence-electron chi connectivity index (χ0n) is 14.3. The standard InChI is InChI=1S/C19H28O3/c1-6-12(9-14-10-15(14)18(20)21)13-7-8-17(22-5)16(11-13)19(2,3)4/h7-8,11-12,14-15H,6,9-10H2,1-5H3,(H,20,21). The van der Waals surface area contributed by atoms with Crippen LogP contribution in [0.3, 0.4) is 0 Å². The molecule has 0 saturated heterocycles. The number of benzene rings is 1. The van der Waals surface area contributed by atoms with Crippen LogP contribution in [0.1, 0.15) is 64.0 Å². The van der Waals surface area contributed by atoms with Crippen molar-refractivity contribution in [1.82, 2.24) is 0 Å². The average Bonchev–Trinajstić information content (AvgIpc) is 3.22. The Kier molecular flexibility index (Phi) is 4.84. The first-order valence-electron chi connectivity index (χ1n) is 8.19. The summed E-state index contributed by atoms with van der Waals surface area (Å²) in [6.45, 7) is 8.76. The maximum Gasteiger partial charge on any atom is 0.306 e. The Bertz CT molecular complexity index is 542. The highest BCUT2D eigenvalue weighted by atomic mass is 16.5. The monoisotopic (exact) mass is 304 g/mol. The number of methoxy groups -OCH3 is 1. The van der Waals surface area contributed by atoms with Crippen LogP contribution >= 0.6 is 0 Å². The second-order valence-corrected chi connectivity index (χ2v) is 7.49. The van der Waals surface area contributed by atoms with Crippen LogP contribution in [0.25, 0.3) is 0 Å². The van der Waals surface area contributed by atoms with Gasteiger partial charge in [-0.05, 0) is 53.7 Å². The zero-order chi connectivity index (χ0) is 16.5. The molecule has 0 spiro atoms. The Hall–Kier alpha value is -1.51. The first-order valence-corrected chi connectivity index (χ1v) is 8.19.